The normalized spacial score (nSPS) is 14.9. The van der Waals surface area contributed by atoms with Crippen LogP contribution in [0.5, 0.6) is 0 Å². The third kappa shape index (κ3) is 6.50. The van der Waals surface area contributed by atoms with Gasteiger partial charge in [-0.15, -0.1) is 0 Å². The summed E-state index contributed by atoms with van der Waals surface area (Å²) in [6, 6.07) is 30.4. The molecule has 0 aliphatic heterocycles. The van der Waals surface area contributed by atoms with Crippen molar-refractivity contribution in [3.05, 3.63) is 210 Å². The molecule has 55 heavy (non-hydrogen) atoms. The topological polar surface area (TPSA) is 35.6 Å². The number of allylic oxidation sites excluding steroid dienone is 12. The van der Waals surface area contributed by atoms with Gasteiger partial charge in [0.25, 0.3) is 0 Å². The predicted molar refractivity (Wildman–Crippen MR) is 233 cm³/mol. The Labute approximate surface area is 321 Å². The fraction of sp³-hybridized carbons (Fsp3) is 0.0784. The zero-order chi connectivity index (χ0) is 37.1. The van der Waals surface area contributed by atoms with Crippen molar-refractivity contribution in [2.45, 2.75) is 26.2 Å². The third-order valence-electron chi connectivity index (χ3n) is 10.5. The van der Waals surface area contributed by atoms with E-state index < -0.39 is 0 Å². The molecule has 4 nitrogen and oxygen atoms in total. The summed E-state index contributed by atoms with van der Waals surface area (Å²) in [6.45, 7) is 6.49. The fourth-order valence-electron chi connectivity index (χ4n) is 7.81. The maximum Gasteiger partial charge on any atom is 0.0887 e. The molecule has 4 aromatic heterocycles. The molecule has 4 heteroatoms. The average Bonchev–Trinajstić information content (AvgIpc) is 3.59. The van der Waals surface area contributed by atoms with Crippen molar-refractivity contribution < 1.29 is 0 Å². The maximum absolute atomic E-state index is 4.41. The molecule has 0 unspecified atom stereocenters. The summed E-state index contributed by atoms with van der Waals surface area (Å²) in [5.41, 5.74) is 18.6. The van der Waals surface area contributed by atoms with Crippen molar-refractivity contribution in [1.82, 2.24) is 19.1 Å². The SMILES string of the molecule is C=C(/C=C\C(=C/C)c1ccc(-n2c3ccncc3c3cnccc32)cc1)Cc1ccc(C2=CCC=C=C(n3c4c(c5ccccc53)C=CCC=C4)/C=C\2)cc1. The summed E-state index contributed by atoms with van der Waals surface area (Å²) in [5.74, 6) is 0. The van der Waals surface area contributed by atoms with Crippen molar-refractivity contribution in [3.8, 4) is 5.69 Å². The van der Waals surface area contributed by atoms with Crippen molar-refractivity contribution in [3.63, 3.8) is 0 Å². The standard InChI is InChI=1S/C51H40N4/c1-3-38(40-24-27-43(28-25-40)55-50-29-31-52-34-46(50)47-35-53-32-30-51(47)55)20-17-36(2)33-37-18-21-41(22-19-37)39-11-7-8-12-42(26-23-39)54-48-15-6-4-5-13-44(48)45-14-9-10-16-49(45)54/h3,5-6,8-11,13-32,34-35H,2,4,7,33H2,1H3/b20-17-,26-23-,38-3+,39-11?. The van der Waals surface area contributed by atoms with Crippen LogP contribution in [0.4, 0.5) is 0 Å². The highest BCUT2D eigenvalue weighted by molar-refractivity contribution is 6.08. The van der Waals surface area contributed by atoms with Crippen LogP contribution in [-0.2, 0) is 6.42 Å². The Bertz CT molecular complexity index is 2820. The molecular formula is C51H40N4. The molecule has 0 N–H and O–H groups in total. The fourth-order valence-corrected chi connectivity index (χ4v) is 7.81. The van der Waals surface area contributed by atoms with Crippen molar-refractivity contribution in [2.75, 3.05) is 0 Å². The number of benzene rings is 3. The quantitative estimate of drug-likeness (QED) is 0.116. The van der Waals surface area contributed by atoms with Gasteiger partial charge in [0, 0.05) is 52.2 Å². The van der Waals surface area contributed by atoms with E-state index in [9.17, 15) is 0 Å². The molecule has 0 amide bonds. The summed E-state index contributed by atoms with van der Waals surface area (Å²) in [7, 11) is 0. The molecule has 0 bridgehead atoms. The highest BCUT2D eigenvalue weighted by Gasteiger charge is 2.17. The first kappa shape index (κ1) is 33.8. The van der Waals surface area contributed by atoms with E-state index >= 15 is 0 Å². The average molecular weight is 709 g/mol. The lowest BCUT2D eigenvalue weighted by molar-refractivity contribution is 1.15. The van der Waals surface area contributed by atoms with Gasteiger partial charge in [-0.2, -0.15) is 0 Å². The number of pyridine rings is 2. The van der Waals surface area contributed by atoms with E-state index in [1.54, 1.807) is 0 Å². The summed E-state index contributed by atoms with van der Waals surface area (Å²) in [6.07, 6.45) is 34.3. The summed E-state index contributed by atoms with van der Waals surface area (Å²) in [5, 5.41) is 3.46. The first-order valence-electron chi connectivity index (χ1n) is 18.9. The van der Waals surface area contributed by atoms with Crippen LogP contribution in [0, 0.1) is 0 Å². The Balaban J connectivity index is 0.885. The molecule has 3 aromatic carbocycles. The molecule has 2 aliphatic carbocycles. The van der Waals surface area contributed by atoms with Gasteiger partial charge >= 0.3 is 0 Å². The zero-order valence-electron chi connectivity index (χ0n) is 30.9. The van der Waals surface area contributed by atoms with Gasteiger partial charge in [0.05, 0.1) is 27.9 Å². The van der Waals surface area contributed by atoms with Crippen LogP contribution in [0.2, 0.25) is 0 Å². The second kappa shape index (κ2) is 14.8. The minimum atomic E-state index is 0.780. The molecule has 9 rings (SSSR count). The molecule has 0 spiro atoms. The number of hydrogen-bond donors (Lipinski definition) is 0. The minimum Gasteiger partial charge on any atom is -0.309 e. The first-order valence-corrected chi connectivity index (χ1v) is 18.9. The monoisotopic (exact) mass is 708 g/mol. The number of hydrogen-bond acceptors (Lipinski definition) is 2. The molecule has 0 atom stereocenters. The summed E-state index contributed by atoms with van der Waals surface area (Å²) in [4.78, 5) is 8.72. The highest BCUT2D eigenvalue weighted by Crippen LogP contribution is 2.34. The Morgan fingerprint density at radius 2 is 1.45 bits per heavy atom. The van der Waals surface area contributed by atoms with Gasteiger partial charge in [-0.05, 0) is 103 Å². The highest BCUT2D eigenvalue weighted by atomic mass is 15.0. The van der Waals surface area contributed by atoms with Crippen molar-refractivity contribution in [1.29, 1.82) is 0 Å². The molecule has 0 saturated carbocycles. The zero-order valence-corrected chi connectivity index (χ0v) is 30.9. The lowest BCUT2D eigenvalue weighted by Gasteiger charge is -2.11. The van der Waals surface area contributed by atoms with Crippen molar-refractivity contribution in [2.24, 2.45) is 0 Å². The van der Waals surface area contributed by atoms with Gasteiger partial charge < -0.3 is 9.13 Å². The molecule has 0 fully saturated rings. The van der Waals surface area contributed by atoms with E-state index in [0.29, 0.717) is 0 Å². The van der Waals surface area contributed by atoms with Gasteiger partial charge in [-0.1, -0.05) is 121 Å². The van der Waals surface area contributed by atoms with Crippen LogP contribution in [0.15, 0.2) is 182 Å². The molecular weight excluding hydrogens is 669 g/mol. The number of nitrogens with zero attached hydrogens (tertiary/aromatic N) is 4. The summed E-state index contributed by atoms with van der Waals surface area (Å²) >= 11 is 0. The first-order chi connectivity index (χ1) is 27.2. The van der Waals surface area contributed by atoms with Gasteiger partial charge in [0.15, 0.2) is 0 Å². The molecule has 7 aromatic rings. The Kier molecular flexibility index (Phi) is 9.09. The van der Waals surface area contributed by atoms with Crippen LogP contribution in [-0.4, -0.2) is 19.1 Å². The Morgan fingerprint density at radius 3 is 2.22 bits per heavy atom. The van der Waals surface area contributed by atoms with Crippen LogP contribution in [0.1, 0.15) is 47.7 Å². The number of aromatic nitrogens is 4. The van der Waals surface area contributed by atoms with E-state index in [2.05, 4.69) is 190 Å². The van der Waals surface area contributed by atoms with E-state index in [1.807, 2.05) is 24.8 Å². The van der Waals surface area contributed by atoms with Gasteiger partial charge in [-0.25, -0.2) is 0 Å². The van der Waals surface area contributed by atoms with E-state index in [-0.39, 0.29) is 0 Å². The van der Waals surface area contributed by atoms with Crippen LogP contribution < -0.4 is 0 Å². The molecule has 0 saturated heterocycles. The number of rotatable bonds is 8. The Hall–Kier alpha value is -7.00. The molecule has 2 aliphatic rings. The van der Waals surface area contributed by atoms with Crippen LogP contribution in [0.3, 0.4) is 0 Å². The molecule has 4 heterocycles. The van der Waals surface area contributed by atoms with Crippen molar-refractivity contribution >= 4 is 61.7 Å². The largest absolute Gasteiger partial charge is 0.309 e. The van der Waals surface area contributed by atoms with Gasteiger partial charge in [0.1, 0.15) is 0 Å². The molecule has 264 valence electrons. The van der Waals surface area contributed by atoms with E-state index in [0.717, 1.165) is 69.2 Å². The third-order valence-corrected chi connectivity index (χ3v) is 10.5. The number of fused-ring (bicyclic) bond motifs is 6. The van der Waals surface area contributed by atoms with E-state index in [4.69, 9.17) is 0 Å². The van der Waals surface area contributed by atoms with Crippen LogP contribution >= 0.6 is 0 Å². The smallest absolute Gasteiger partial charge is 0.0887 e. The maximum atomic E-state index is 4.41. The summed E-state index contributed by atoms with van der Waals surface area (Å²) < 4.78 is 4.62. The van der Waals surface area contributed by atoms with E-state index in [1.165, 1.54) is 38.9 Å². The predicted octanol–water partition coefficient (Wildman–Crippen LogP) is 12.8. The Morgan fingerprint density at radius 1 is 0.727 bits per heavy atom. The second-order valence-corrected chi connectivity index (χ2v) is 13.9. The minimum absolute atomic E-state index is 0.780. The second-order valence-electron chi connectivity index (χ2n) is 13.9. The lowest BCUT2D eigenvalue weighted by atomic mass is 9.98. The van der Waals surface area contributed by atoms with Crippen LogP contribution in [0.25, 0.3) is 67.4 Å². The van der Waals surface area contributed by atoms with Gasteiger partial charge in [-0.3, -0.25) is 9.97 Å². The molecule has 0 radical (unpaired) electrons. The number of para-hydroxylation sites is 1. The van der Waals surface area contributed by atoms with Gasteiger partial charge in [0.2, 0.25) is 0 Å². The lowest BCUT2D eigenvalue weighted by Crippen LogP contribution is -1.98.